The second-order valence-corrected chi connectivity index (χ2v) is 4.38. The Bertz CT molecular complexity index is 295. The van der Waals surface area contributed by atoms with E-state index in [9.17, 15) is 4.79 Å². The summed E-state index contributed by atoms with van der Waals surface area (Å²) in [4.78, 5) is 19.2. The summed E-state index contributed by atoms with van der Waals surface area (Å²) >= 11 is 0. The van der Waals surface area contributed by atoms with E-state index in [-0.39, 0.29) is 11.8 Å². The van der Waals surface area contributed by atoms with Gasteiger partial charge in [0.25, 0.3) is 5.97 Å². The summed E-state index contributed by atoms with van der Waals surface area (Å²) in [6, 6.07) is 0. The zero-order valence-corrected chi connectivity index (χ0v) is 10.5. The molecule has 1 amide bonds. The molecule has 104 valence electrons. The maximum Gasteiger partial charge on any atom is 0.404 e. The summed E-state index contributed by atoms with van der Waals surface area (Å²) in [7, 11) is 0. The van der Waals surface area contributed by atoms with Crippen molar-refractivity contribution < 1.29 is 19.8 Å². The number of nitrogens with two attached hydrogens (primary N) is 1. The number of aliphatic carboxylic acids is 1. The molecule has 0 unspecified atom stereocenters. The van der Waals surface area contributed by atoms with Crippen molar-refractivity contribution in [3.8, 4) is 0 Å². The minimum Gasteiger partial charge on any atom is -0.481 e. The first-order valence-corrected chi connectivity index (χ1v) is 5.83. The van der Waals surface area contributed by atoms with E-state index in [0.717, 1.165) is 32.6 Å². The summed E-state index contributed by atoms with van der Waals surface area (Å²) < 4.78 is 0. The normalized spacial score (nSPS) is 22.3. The average Bonchev–Trinajstić information content (AvgIpc) is 2.26. The highest BCUT2D eigenvalue weighted by molar-refractivity contribution is 5.79. The Morgan fingerprint density at radius 1 is 1.28 bits per heavy atom. The highest BCUT2D eigenvalue weighted by Crippen LogP contribution is 2.27. The lowest BCUT2D eigenvalue weighted by Crippen LogP contribution is -2.33. The number of carboxylic acids is 1. The Labute approximate surface area is 106 Å². The Hall–Kier alpha value is -1.79. The molecule has 1 aliphatic carbocycles. The minimum atomic E-state index is -0.960. The Morgan fingerprint density at radius 3 is 2.06 bits per heavy atom. The van der Waals surface area contributed by atoms with Crippen LogP contribution < -0.4 is 11.1 Å². The molecule has 0 bridgehead atoms. The van der Waals surface area contributed by atoms with Gasteiger partial charge in [-0.25, -0.2) is 4.79 Å². The van der Waals surface area contributed by atoms with Gasteiger partial charge >= 0.3 is 6.09 Å². The second-order valence-electron chi connectivity index (χ2n) is 4.38. The molecule has 1 aliphatic rings. The number of nitrogens with one attached hydrogen (secondary N) is 2. The maximum atomic E-state index is 10.2. The van der Waals surface area contributed by atoms with Gasteiger partial charge < -0.3 is 21.3 Å². The van der Waals surface area contributed by atoms with Crippen molar-refractivity contribution in [3.05, 3.63) is 0 Å². The fourth-order valence-corrected chi connectivity index (χ4v) is 1.91. The van der Waals surface area contributed by atoms with Crippen LogP contribution in [0.2, 0.25) is 0 Å². The van der Waals surface area contributed by atoms with E-state index in [0.29, 0.717) is 12.5 Å². The van der Waals surface area contributed by atoms with Crippen molar-refractivity contribution >= 4 is 17.9 Å². The van der Waals surface area contributed by atoms with Crippen molar-refractivity contribution in [1.29, 1.82) is 5.41 Å². The molecule has 18 heavy (non-hydrogen) atoms. The van der Waals surface area contributed by atoms with Crippen LogP contribution >= 0.6 is 0 Å². The van der Waals surface area contributed by atoms with Gasteiger partial charge in [-0.2, -0.15) is 0 Å². The molecular weight excluding hydrogens is 238 g/mol. The van der Waals surface area contributed by atoms with E-state index < -0.39 is 12.1 Å². The molecule has 7 heteroatoms. The number of hydrogen-bond acceptors (Lipinski definition) is 3. The first kappa shape index (κ1) is 16.2. The summed E-state index contributed by atoms with van der Waals surface area (Å²) in [5, 5.41) is 25.5. The van der Waals surface area contributed by atoms with Gasteiger partial charge in [0.1, 0.15) is 0 Å². The van der Waals surface area contributed by atoms with Gasteiger partial charge in [0.2, 0.25) is 0 Å². The van der Waals surface area contributed by atoms with E-state index >= 15 is 0 Å². The largest absolute Gasteiger partial charge is 0.481 e. The van der Waals surface area contributed by atoms with Crippen LogP contribution in [0.5, 0.6) is 0 Å². The van der Waals surface area contributed by atoms with E-state index in [2.05, 4.69) is 5.32 Å². The Kier molecular flexibility index (Phi) is 7.50. The maximum absolute atomic E-state index is 10.2. The smallest absolute Gasteiger partial charge is 0.404 e. The average molecular weight is 259 g/mol. The quantitative estimate of drug-likeness (QED) is 0.381. The fourth-order valence-electron chi connectivity index (χ4n) is 1.91. The van der Waals surface area contributed by atoms with Gasteiger partial charge in [0, 0.05) is 19.4 Å². The number of rotatable bonds is 3. The summed E-state index contributed by atoms with van der Waals surface area (Å²) in [5.41, 5.74) is 5.41. The number of carboxylic acid groups (broad SMARTS) is 2. The summed E-state index contributed by atoms with van der Waals surface area (Å²) in [5.74, 6) is 0.0763. The van der Waals surface area contributed by atoms with Gasteiger partial charge in [-0.05, 0) is 31.6 Å². The van der Waals surface area contributed by atoms with Crippen LogP contribution in [0, 0.1) is 17.2 Å². The molecule has 0 aromatic carbocycles. The van der Waals surface area contributed by atoms with Crippen molar-refractivity contribution in [2.24, 2.45) is 17.6 Å². The third kappa shape index (κ3) is 8.37. The van der Waals surface area contributed by atoms with Crippen molar-refractivity contribution in [2.75, 3.05) is 6.54 Å². The van der Waals surface area contributed by atoms with Gasteiger partial charge in [0.15, 0.2) is 0 Å². The van der Waals surface area contributed by atoms with Crippen LogP contribution in [0.25, 0.3) is 0 Å². The Morgan fingerprint density at radius 2 is 1.72 bits per heavy atom. The van der Waals surface area contributed by atoms with Crippen molar-refractivity contribution in [1.82, 2.24) is 5.32 Å². The molecule has 0 spiro atoms. The highest BCUT2D eigenvalue weighted by Gasteiger charge is 2.22. The number of carbonyl (C=O) groups is 2. The molecule has 7 nitrogen and oxygen atoms in total. The monoisotopic (exact) mass is 259 g/mol. The molecule has 0 heterocycles. The summed E-state index contributed by atoms with van der Waals surface area (Å²) in [6.07, 6.45) is 2.80. The van der Waals surface area contributed by atoms with Gasteiger partial charge in [0.05, 0.1) is 5.84 Å². The van der Waals surface area contributed by atoms with E-state index in [1.54, 1.807) is 0 Å². The summed E-state index contributed by atoms with van der Waals surface area (Å²) in [6.45, 7) is 1.61. The molecule has 0 atom stereocenters. The van der Waals surface area contributed by atoms with Gasteiger partial charge in [-0.3, -0.25) is 10.2 Å². The van der Waals surface area contributed by atoms with Gasteiger partial charge in [-0.15, -0.1) is 0 Å². The predicted molar refractivity (Wildman–Crippen MR) is 66.7 cm³/mol. The molecule has 0 aromatic rings. The standard InChI is InChI=1S/C9H17N3O2.C2H4O2/c10-8(11)7-3-1-6(2-4-7)5-12-9(13)14;1-2(3)4/h6-7,12H,1-5H2,(H3,10,11)(H,13,14);1H3,(H,3,4). The number of amides is 1. The third-order valence-electron chi connectivity index (χ3n) is 2.83. The zero-order chi connectivity index (χ0) is 14.1. The van der Waals surface area contributed by atoms with Crippen LogP contribution in [0.3, 0.4) is 0 Å². The third-order valence-corrected chi connectivity index (χ3v) is 2.83. The molecule has 0 aromatic heterocycles. The molecule has 6 N–H and O–H groups in total. The fraction of sp³-hybridized carbons (Fsp3) is 0.727. The van der Waals surface area contributed by atoms with E-state index in [1.165, 1.54) is 0 Å². The molecule has 1 saturated carbocycles. The lowest BCUT2D eigenvalue weighted by atomic mass is 9.81. The van der Waals surface area contributed by atoms with Crippen molar-refractivity contribution in [3.63, 3.8) is 0 Å². The second kappa shape index (κ2) is 8.32. The van der Waals surface area contributed by atoms with Crippen LogP contribution in [0.1, 0.15) is 32.6 Å². The molecule has 0 radical (unpaired) electrons. The molecular formula is C11H21N3O4. The van der Waals surface area contributed by atoms with E-state index in [4.69, 9.17) is 26.2 Å². The predicted octanol–water partition coefficient (Wildman–Crippen LogP) is 1.09. The molecule has 0 aliphatic heterocycles. The van der Waals surface area contributed by atoms with Crippen LogP contribution in [0.4, 0.5) is 4.79 Å². The Balaban J connectivity index is 0.000000631. The first-order chi connectivity index (χ1) is 8.32. The SMILES string of the molecule is CC(=O)O.N=C(N)C1CCC(CNC(=O)O)CC1. The zero-order valence-electron chi connectivity index (χ0n) is 10.5. The lowest BCUT2D eigenvalue weighted by molar-refractivity contribution is -0.134. The van der Waals surface area contributed by atoms with Crippen LogP contribution in [-0.2, 0) is 4.79 Å². The van der Waals surface area contributed by atoms with Gasteiger partial charge in [-0.1, -0.05) is 0 Å². The molecule has 0 saturated heterocycles. The number of amidine groups is 1. The highest BCUT2D eigenvalue weighted by atomic mass is 16.4. The topological polar surface area (TPSA) is 136 Å². The first-order valence-electron chi connectivity index (χ1n) is 5.83. The minimum absolute atomic E-state index is 0.219. The van der Waals surface area contributed by atoms with Crippen LogP contribution in [-0.4, -0.2) is 34.7 Å². The molecule has 1 rings (SSSR count). The van der Waals surface area contributed by atoms with Crippen molar-refractivity contribution in [2.45, 2.75) is 32.6 Å². The molecule has 1 fully saturated rings. The van der Waals surface area contributed by atoms with E-state index in [1.807, 2.05) is 0 Å². The van der Waals surface area contributed by atoms with Crippen LogP contribution in [0.15, 0.2) is 0 Å². The number of hydrogen-bond donors (Lipinski definition) is 5. The lowest BCUT2D eigenvalue weighted by Gasteiger charge is -2.27.